The number of fused-ring (bicyclic) bond motifs is 5. The average molecular weight is 801 g/mol. The van der Waals surface area contributed by atoms with Crippen molar-refractivity contribution in [3.8, 4) is 11.1 Å². The van der Waals surface area contributed by atoms with Crippen LogP contribution in [0.3, 0.4) is 0 Å². The Hall–Kier alpha value is -5.62. The summed E-state index contributed by atoms with van der Waals surface area (Å²) in [4.78, 5) is 17.7. The van der Waals surface area contributed by atoms with E-state index in [1.165, 1.54) is 67.3 Å². The number of allylic oxidation sites excluding steroid dienone is 7. The van der Waals surface area contributed by atoms with Gasteiger partial charge in [0, 0.05) is 60.4 Å². The quantitative estimate of drug-likeness (QED) is 0.126. The van der Waals surface area contributed by atoms with Crippen LogP contribution in [-0.2, 0) is 20.3 Å². The van der Waals surface area contributed by atoms with Gasteiger partial charge in [0.1, 0.15) is 25.5 Å². The highest BCUT2D eigenvalue weighted by molar-refractivity contribution is 6.03. The number of anilines is 1. The summed E-state index contributed by atoms with van der Waals surface area (Å²) in [6.45, 7) is 16.9. The van der Waals surface area contributed by atoms with Crippen LogP contribution in [0.25, 0.3) is 11.1 Å². The van der Waals surface area contributed by atoms with Crippen LogP contribution in [0.4, 0.5) is 16.2 Å². The SMILES string of the molecule is CCCN1/C(=C\C=C2/CCCC(/C=C\C3=[N+](CCC)c4ccccc4C3(C)C)=C2OCCN(C)C(=O)OCC2c3ccccc3-c3ccccc32)C(C)(C)c2ccccc21. The zero-order chi connectivity index (χ0) is 42.0. The molecule has 1 amide bonds. The third-order valence-corrected chi connectivity index (χ3v) is 13.2. The lowest BCUT2D eigenvalue weighted by Crippen LogP contribution is -2.32. The van der Waals surface area contributed by atoms with Crippen molar-refractivity contribution in [2.75, 3.05) is 44.8 Å². The Morgan fingerprint density at radius 1 is 0.800 bits per heavy atom. The summed E-state index contributed by atoms with van der Waals surface area (Å²) in [5.74, 6) is 0.950. The highest BCUT2D eigenvalue weighted by Gasteiger charge is 2.44. The first-order valence-electron chi connectivity index (χ1n) is 22.2. The van der Waals surface area contributed by atoms with Gasteiger partial charge in [-0.1, -0.05) is 119 Å². The van der Waals surface area contributed by atoms with E-state index >= 15 is 0 Å². The predicted molar refractivity (Wildman–Crippen MR) is 246 cm³/mol. The molecule has 0 unspecified atom stereocenters. The van der Waals surface area contributed by atoms with Crippen LogP contribution in [-0.4, -0.2) is 61.2 Å². The number of hydrogen-bond donors (Lipinski definition) is 0. The second-order valence-electron chi connectivity index (χ2n) is 17.8. The molecule has 4 aromatic rings. The number of likely N-dealkylation sites (N-methyl/N-ethyl adjacent to an activating group) is 1. The minimum absolute atomic E-state index is 0.0178. The number of hydrogen-bond acceptors (Lipinski definition) is 4. The Bertz CT molecular complexity index is 2380. The van der Waals surface area contributed by atoms with Gasteiger partial charge in [-0.05, 0) is 96.7 Å². The highest BCUT2D eigenvalue weighted by Crippen LogP contribution is 2.48. The predicted octanol–water partition coefficient (Wildman–Crippen LogP) is 12.4. The molecule has 8 rings (SSSR count). The zero-order valence-corrected chi connectivity index (χ0v) is 36.8. The van der Waals surface area contributed by atoms with Crippen molar-refractivity contribution in [3.05, 3.63) is 166 Å². The van der Waals surface area contributed by atoms with Crippen molar-refractivity contribution < 1.29 is 18.8 Å². The normalized spacial score (nSPS) is 18.9. The Balaban J connectivity index is 1.06. The van der Waals surface area contributed by atoms with Gasteiger partial charge < -0.3 is 19.3 Å². The number of amides is 1. The molecule has 6 heteroatoms. The maximum Gasteiger partial charge on any atom is 0.409 e. The van der Waals surface area contributed by atoms with Crippen LogP contribution >= 0.6 is 0 Å². The van der Waals surface area contributed by atoms with Gasteiger partial charge in [0.15, 0.2) is 5.71 Å². The van der Waals surface area contributed by atoms with E-state index in [1.807, 2.05) is 0 Å². The first-order chi connectivity index (χ1) is 29.1. The Kier molecular flexibility index (Phi) is 11.8. The van der Waals surface area contributed by atoms with E-state index in [-0.39, 0.29) is 22.8 Å². The van der Waals surface area contributed by atoms with Crippen molar-refractivity contribution in [1.82, 2.24) is 4.90 Å². The van der Waals surface area contributed by atoms with E-state index in [9.17, 15) is 4.79 Å². The van der Waals surface area contributed by atoms with Gasteiger partial charge in [-0.15, -0.1) is 0 Å². The van der Waals surface area contributed by atoms with Crippen LogP contribution in [0.1, 0.15) is 102 Å². The largest absolute Gasteiger partial charge is 0.491 e. The van der Waals surface area contributed by atoms with Crippen molar-refractivity contribution in [2.45, 2.75) is 90.4 Å². The molecular formula is C54H62N3O3+. The number of rotatable bonds is 13. The fourth-order valence-corrected chi connectivity index (χ4v) is 10.1. The fourth-order valence-electron chi connectivity index (χ4n) is 10.1. The molecule has 0 bridgehead atoms. The number of carbonyl (C=O) groups excluding carboxylic acids is 1. The summed E-state index contributed by atoms with van der Waals surface area (Å²) in [6.07, 6.45) is 14.0. The molecule has 0 atom stereocenters. The number of benzene rings is 4. The third-order valence-electron chi connectivity index (χ3n) is 13.2. The van der Waals surface area contributed by atoms with Gasteiger partial charge in [0.2, 0.25) is 5.69 Å². The van der Waals surface area contributed by atoms with Crippen molar-refractivity contribution >= 4 is 23.2 Å². The van der Waals surface area contributed by atoms with Gasteiger partial charge in [-0.25, -0.2) is 4.79 Å². The smallest absolute Gasteiger partial charge is 0.409 e. The molecule has 0 spiro atoms. The number of nitrogens with zero attached hydrogens (tertiary/aromatic N) is 3. The Morgan fingerprint density at radius 2 is 1.47 bits per heavy atom. The van der Waals surface area contributed by atoms with Crippen molar-refractivity contribution in [2.24, 2.45) is 0 Å². The standard InChI is InChI=1S/C54H62N3O3/c1-8-33-56-47-27-16-14-25-45(47)53(3,4)49(56)31-29-38-19-18-20-39(30-32-50-54(5,6)46-26-15-17-28-48(46)57(50)34-9-2)51(38)59-36-35-55(7)52(58)60-37-44-42-23-12-10-21-40(42)41-22-11-13-24-43(41)44/h10-17,21-32,44H,8-9,18-20,33-37H2,1-7H3/q+1. The van der Waals surface area contributed by atoms with Crippen molar-refractivity contribution in [1.29, 1.82) is 0 Å². The average Bonchev–Trinajstić information content (AvgIpc) is 3.77. The topological polar surface area (TPSA) is 45.0 Å². The zero-order valence-electron chi connectivity index (χ0n) is 36.8. The van der Waals surface area contributed by atoms with Gasteiger partial charge in [-0.2, -0.15) is 4.58 Å². The summed E-state index contributed by atoms with van der Waals surface area (Å²) >= 11 is 0. The maximum absolute atomic E-state index is 13.5. The molecule has 0 aromatic heterocycles. The van der Waals surface area contributed by atoms with Crippen LogP contribution in [0.5, 0.6) is 0 Å². The summed E-state index contributed by atoms with van der Waals surface area (Å²) in [5.41, 5.74) is 15.0. The molecular weight excluding hydrogens is 739 g/mol. The lowest BCUT2D eigenvalue weighted by molar-refractivity contribution is -0.437. The molecule has 0 saturated carbocycles. The molecule has 60 heavy (non-hydrogen) atoms. The summed E-state index contributed by atoms with van der Waals surface area (Å²) < 4.78 is 15.4. The molecule has 310 valence electrons. The lowest BCUT2D eigenvalue weighted by atomic mass is 9.81. The molecule has 0 radical (unpaired) electrons. The monoisotopic (exact) mass is 800 g/mol. The molecule has 4 aromatic carbocycles. The highest BCUT2D eigenvalue weighted by atomic mass is 16.6. The van der Waals surface area contributed by atoms with E-state index in [0.29, 0.717) is 19.8 Å². The lowest BCUT2D eigenvalue weighted by Gasteiger charge is -2.27. The molecule has 0 saturated heterocycles. The second-order valence-corrected chi connectivity index (χ2v) is 17.8. The molecule has 0 N–H and O–H groups in total. The van der Waals surface area contributed by atoms with Gasteiger partial charge in [0.25, 0.3) is 0 Å². The van der Waals surface area contributed by atoms with Crippen LogP contribution in [0.15, 0.2) is 144 Å². The summed E-state index contributed by atoms with van der Waals surface area (Å²) in [5, 5.41) is 0. The van der Waals surface area contributed by atoms with Gasteiger partial charge in [-0.3, -0.25) is 0 Å². The molecule has 4 aliphatic rings. The van der Waals surface area contributed by atoms with Crippen LogP contribution in [0.2, 0.25) is 0 Å². The van der Waals surface area contributed by atoms with Crippen LogP contribution in [0, 0.1) is 0 Å². The fraction of sp³-hybridized carbons (Fsp3) is 0.370. The summed E-state index contributed by atoms with van der Waals surface area (Å²) in [7, 11) is 1.81. The van der Waals surface area contributed by atoms with Crippen LogP contribution < -0.4 is 4.90 Å². The summed E-state index contributed by atoms with van der Waals surface area (Å²) in [6, 6.07) is 34.6. The van der Waals surface area contributed by atoms with Crippen molar-refractivity contribution in [3.63, 3.8) is 0 Å². The molecule has 2 heterocycles. The van der Waals surface area contributed by atoms with E-state index in [2.05, 4.69) is 172 Å². The minimum Gasteiger partial charge on any atom is -0.491 e. The van der Waals surface area contributed by atoms with Gasteiger partial charge in [0.05, 0.1) is 12.0 Å². The van der Waals surface area contributed by atoms with E-state index < -0.39 is 0 Å². The molecule has 0 fully saturated rings. The maximum atomic E-state index is 13.5. The Morgan fingerprint density at radius 3 is 2.18 bits per heavy atom. The molecule has 2 aliphatic heterocycles. The first kappa shape index (κ1) is 41.1. The van der Waals surface area contributed by atoms with E-state index in [4.69, 9.17) is 9.47 Å². The molecule has 6 nitrogen and oxygen atoms in total. The number of carbonyl (C=O) groups is 1. The Labute approximate surface area is 358 Å². The second kappa shape index (κ2) is 17.2. The van der Waals surface area contributed by atoms with E-state index in [1.54, 1.807) is 11.9 Å². The minimum atomic E-state index is -0.340. The number of ether oxygens (including phenoxy) is 2. The van der Waals surface area contributed by atoms with E-state index in [0.717, 1.165) is 51.0 Å². The number of para-hydroxylation sites is 2. The van der Waals surface area contributed by atoms with Gasteiger partial charge >= 0.3 is 6.09 Å². The first-order valence-corrected chi connectivity index (χ1v) is 22.2. The molecule has 2 aliphatic carbocycles. The third kappa shape index (κ3) is 7.54.